The Bertz CT molecular complexity index is 1520. The Morgan fingerprint density at radius 2 is 1.49 bits per heavy atom. The minimum absolute atomic E-state index is 0.0798. The second kappa shape index (κ2) is 10.1. The molecule has 6 nitrogen and oxygen atoms in total. The third-order valence-electron chi connectivity index (χ3n) is 6.39. The minimum Gasteiger partial charge on any atom is -0.322 e. The van der Waals surface area contributed by atoms with Gasteiger partial charge in [0.05, 0.1) is 5.56 Å². The lowest BCUT2D eigenvalue weighted by Gasteiger charge is -2.17. The Labute approximate surface area is 213 Å². The van der Waals surface area contributed by atoms with E-state index < -0.39 is 11.7 Å². The fourth-order valence-corrected chi connectivity index (χ4v) is 4.34. The summed E-state index contributed by atoms with van der Waals surface area (Å²) in [5.74, 6) is -1.69. The van der Waals surface area contributed by atoms with Gasteiger partial charge in [0.2, 0.25) is 0 Å². The number of amides is 3. The third kappa shape index (κ3) is 4.97. The number of hydrogen-bond donors (Lipinski definition) is 2. The average Bonchev–Trinajstić information content (AvgIpc) is 3.34. The van der Waals surface area contributed by atoms with Crippen LogP contribution < -0.4 is 15.5 Å². The average molecular weight is 494 g/mol. The van der Waals surface area contributed by atoms with Crippen LogP contribution in [0.3, 0.4) is 0 Å². The number of nitrogens with one attached hydrogen (secondary N) is 2. The lowest BCUT2D eigenvalue weighted by atomic mass is 10.1. The molecule has 1 aliphatic rings. The lowest BCUT2D eigenvalue weighted by molar-refractivity contribution is 0.0987. The Morgan fingerprint density at radius 1 is 0.784 bits per heavy atom. The summed E-state index contributed by atoms with van der Waals surface area (Å²) < 4.78 is 14.0. The van der Waals surface area contributed by atoms with Crippen LogP contribution in [0.5, 0.6) is 0 Å². The van der Waals surface area contributed by atoms with Crippen molar-refractivity contribution >= 4 is 34.8 Å². The first-order valence-electron chi connectivity index (χ1n) is 11.9. The first-order chi connectivity index (χ1) is 17.9. The van der Waals surface area contributed by atoms with Gasteiger partial charge in [0, 0.05) is 34.7 Å². The van der Waals surface area contributed by atoms with E-state index >= 15 is 0 Å². The van der Waals surface area contributed by atoms with E-state index in [1.54, 1.807) is 60.4 Å². The molecule has 0 spiro atoms. The number of benzene rings is 4. The van der Waals surface area contributed by atoms with Crippen LogP contribution in [0.1, 0.15) is 42.2 Å². The molecule has 4 aromatic carbocycles. The SMILES string of the molecule is Cc1ccc(C(=O)Nc2ccc(C(=O)N3CCc4ccccc43)cc2)cc1NC(=O)c1ccccc1F. The summed E-state index contributed by atoms with van der Waals surface area (Å²) in [6.45, 7) is 2.42. The van der Waals surface area contributed by atoms with E-state index in [4.69, 9.17) is 0 Å². The summed E-state index contributed by atoms with van der Waals surface area (Å²) in [6, 6.07) is 25.2. The van der Waals surface area contributed by atoms with Gasteiger partial charge in [-0.3, -0.25) is 14.4 Å². The van der Waals surface area contributed by atoms with Crippen LogP contribution in [-0.2, 0) is 6.42 Å². The van der Waals surface area contributed by atoms with Gasteiger partial charge in [-0.2, -0.15) is 0 Å². The predicted molar refractivity (Wildman–Crippen MR) is 142 cm³/mol. The van der Waals surface area contributed by atoms with Crippen LogP contribution in [0.2, 0.25) is 0 Å². The highest BCUT2D eigenvalue weighted by Crippen LogP contribution is 2.29. The molecule has 0 bridgehead atoms. The highest BCUT2D eigenvalue weighted by atomic mass is 19.1. The maximum absolute atomic E-state index is 14.0. The van der Waals surface area contributed by atoms with Crippen molar-refractivity contribution in [3.63, 3.8) is 0 Å². The van der Waals surface area contributed by atoms with Gasteiger partial charge in [0.15, 0.2) is 0 Å². The summed E-state index contributed by atoms with van der Waals surface area (Å²) in [5, 5.41) is 5.49. The number of halogens is 1. The Balaban J connectivity index is 1.27. The van der Waals surface area contributed by atoms with Crippen LogP contribution in [0.15, 0.2) is 91.0 Å². The first kappa shape index (κ1) is 23.9. The van der Waals surface area contributed by atoms with Crippen molar-refractivity contribution in [2.45, 2.75) is 13.3 Å². The molecule has 1 aliphatic heterocycles. The topological polar surface area (TPSA) is 78.5 Å². The minimum atomic E-state index is -0.623. The van der Waals surface area contributed by atoms with E-state index in [9.17, 15) is 18.8 Å². The molecule has 0 radical (unpaired) electrons. The van der Waals surface area contributed by atoms with Gasteiger partial charge in [-0.05, 0) is 79.1 Å². The highest BCUT2D eigenvalue weighted by molar-refractivity contribution is 6.09. The van der Waals surface area contributed by atoms with E-state index in [-0.39, 0.29) is 17.4 Å². The van der Waals surface area contributed by atoms with Gasteiger partial charge in [-0.15, -0.1) is 0 Å². The van der Waals surface area contributed by atoms with Gasteiger partial charge in [-0.25, -0.2) is 4.39 Å². The van der Waals surface area contributed by atoms with Gasteiger partial charge in [-0.1, -0.05) is 36.4 Å². The quantitative estimate of drug-likeness (QED) is 0.367. The summed E-state index contributed by atoms with van der Waals surface area (Å²) in [5.41, 5.74) is 4.53. The molecule has 1 heterocycles. The van der Waals surface area contributed by atoms with Crippen molar-refractivity contribution in [1.29, 1.82) is 0 Å². The second-order valence-electron chi connectivity index (χ2n) is 8.83. The van der Waals surface area contributed by atoms with Crippen molar-refractivity contribution in [1.82, 2.24) is 0 Å². The molecule has 0 fully saturated rings. The van der Waals surface area contributed by atoms with Gasteiger partial charge in [0.1, 0.15) is 5.82 Å². The van der Waals surface area contributed by atoms with Crippen molar-refractivity contribution < 1.29 is 18.8 Å². The maximum Gasteiger partial charge on any atom is 0.258 e. The van der Waals surface area contributed by atoms with Crippen LogP contribution in [0.4, 0.5) is 21.5 Å². The molecule has 0 aliphatic carbocycles. The van der Waals surface area contributed by atoms with E-state index in [0.29, 0.717) is 29.0 Å². The standard InChI is InChI=1S/C30H24FN3O3/c1-19-10-11-22(18-26(19)33-29(36)24-7-3-4-8-25(24)31)28(35)32-23-14-12-21(13-15-23)30(37)34-17-16-20-6-2-5-9-27(20)34/h2-15,18H,16-17H2,1H3,(H,32,35)(H,33,36). The van der Waals surface area contributed by atoms with Crippen LogP contribution in [-0.4, -0.2) is 24.3 Å². The van der Waals surface area contributed by atoms with E-state index in [0.717, 1.165) is 23.2 Å². The van der Waals surface area contributed by atoms with Crippen LogP contribution in [0.25, 0.3) is 0 Å². The van der Waals surface area contributed by atoms with Crippen molar-refractivity contribution in [3.8, 4) is 0 Å². The largest absolute Gasteiger partial charge is 0.322 e. The molecule has 0 saturated heterocycles. The summed E-state index contributed by atoms with van der Waals surface area (Å²) in [7, 11) is 0. The zero-order chi connectivity index (χ0) is 25.9. The molecule has 0 unspecified atom stereocenters. The third-order valence-corrected chi connectivity index (χ3v) is 6.39. The van der Waals surface area contributed by atoms with Crippen LogP contribution >= 0.6 is 0 Å². The zero-order valence-electron chi connectivity index (χ0n) is 20.1. The number of carbonyl (C=O) groups is 3. The first-order valence-corrected chi connectivity index (χ1v) is 11.9. The molecule has 7 heteroatoms. The number of rotatable bonds is 5. The molecule has 184 valence electrons. The Morgan fingerprint density at radius 3 is 2.27 bits per heavy atom. The molecule has 0 aromatic heterocycles. The van der Waals surface area contributed by atoms with Crippen LogP contribution in [0, 0.1) is 12.7 Å². The number of nitrogens with zero attached hydrogens (tertiary/aromatic N) is 1. The predicted octanol–water partition coefficient (Wildman–Crippen LogP) is 5.84. The smallest absolute Gasteiger partial charge is 0.258 e. The Kier molecular flexibility index (Phi) is 6.51. The maximum atomic E-state index is 14.0. The highest BCUT2D eigenvalue weighted by Gasteiger charge is 2.25. The second-order valence-corrected chi connectivity index (χ2v) is 8.83. The number of carbonyl (C=O) groups excluding carboxylic acids is 3. The van der Waals surface area contributed by atoms with Crippen molar-refractivity contribution in [2.24, 2.45) is 0 Å². The number of para-hydroxylation sites is 1. The molecule has 0 atom stereocenters. The molecular formula is C30H24FN3O3. The van der Waals surface area contributed by atoms with Crippen molar-refractivity contribution in [3.05, 3.63) is 125 Å². The van der Waals surface area contributed by atoms with E-state index in [1.165, 1.54) is 18.2 Å². The zero-order valence-corrected chi connectivity index (χ0v) is 20.1. The number of anilines is 3. The monoisotopic (exact) mass is 493 g/mol. The molecule has 4 aromatic rings. The summed E-state index contributed by atoms with van der Waals surface area (Å²) >= 11 is 0. The molecule has 37 heavy (non-hydrogen) atoms. The summed E-state index contributed by atoms with van der Waals surface area (Å²) in [6.07, 6.45) is 0.829. The fourth-order valence-electron chi connectivity index (χ4n) is 4.34. The molecular weight excluding hydrogens is 469 g/mol. The van der Waals surface area contributed by atoms with Gasteiger partial charge >= 0.3 is 0 Å². The summed E-state index contributed by atoms with van der Waals surface area (Å²) in [4.78, 5) is 40.2. The number of fused-ring (bicyclic) bond motifs is 1. The van der Waals surface area contributed by atoms with E-state index in [2.05, 4.69) is 10.6 Å². The van der Waals surface area contributed by atoms with E-state index in [1.807, 2.05) is 24.3 Å². The van der Waals surface area contributed by atoms with Gasteiger partial charge in [0.25, 0.3) is 17.7 Å². The normalized spacial score (nSPS) is 12.1. The molecule has 5 rings (SSSR count). The molecule has 0 saturated carbocycles. The Hall–Kier alpha value is -4.78. The van der Waals surface area contributed by atoms with Gasteiger partial charge < -0.3 is 15.5 Å². The number of hydrogen-bond acceptors (Lipinski definition) is 3. The molecule has 2 N–H and O–H groups in total. The lowest BCUT2D eigenvalue weighted by Crippen LogP contribution is -2.28. The fraction of sp³-hybridized carbons (Fsp3) is 0.100. The van der Waals surface area contributed by atoms with Crippen molar-refractivity contribution in [2.75, 3.05) is 22.1 Å². The number of aryl methyl sites for hydroxylation is 1. The molecule has 3 amide bonds.